The minimum Gasteiger partial charge on any atom is -0.477 e. The Morgan fingerprint density at radius 1 is 1.34 bits per heavy atom. The lowest BCUT2D eigenvalue weighted by Crippen LogP contribution is -2.63. The third kappa shape index (κ3) is 4.20. The average molecular weight is 462 g/mol. The molecule has 3 heterocycles. The van der Waals surface area contributed by atoms with Gasteiger partial charge in [0.15, 0.2) is 0 Å². The number of hydrogen-bond donors (Lipinski definition) is 5. The number of hydrogen-bond acceptors (Lipinski definition) is 7. The molecule has 6 atom stereocenters. The van der Waals surface area contributed by atoms with E-state index in [-0.39, 0.29) is 41.5 Å². The van der Waals surface area contributed by atoms with Crippen LogP contribution in [0.2, 0.25) is 0 Å². The van der Waals surface area contributed by atoms with E-state index < -0.39 is 18.0 Å². The average Bonchev–Trinajstić information content (AvgIpc) is 3.31. The van der Waals surface area contributed by atoms with Gasteiger partial charge in [-0.1, -0.05) is 31.2 Å². The molecule has 32 heavy (non-hydrogen) atoms. The molecule has 0 saturated carbocycles. The van der Waals surface area contributed by atoms with Crippen LogP contribution in [0.3, 0.4) is 0 Å². The van der Waals surface area contributed by atoms with Gasteiger partial charge in [0.05, 0.1) is 24.7 Å². The lowest BCUT2D eigenvalue weighted by Gasteiger charge is -2.46. The van der Waals surface area contributed by atoms with Crippen molar-refractivity contribution in [2.45, 2.75) is 50.3 Å². The molecule has 1 aromatic rings. The lowest BCUT2D eigenvalue weighted by atomic mass is 9.79. The number of nitrogens with one attached hydrogen (secondary N) is 2. The number of carboxylic acids is 1. The highest BCUT2D eigenvalue weighted by molar-refractivity contribution is 8.03. The molecular formula is C23H31N3O5S. The van der Waals surface area contributed by atoms with Crippen molar-refractivity contribution in [1.82, 2.24) is 15.5 Å². The number of benzene rings is 1. The summed E-state index contributed by atoms with van der Waals surface area (Å²) >= 11 is 1.56. The molecule has 3 aliphatic heterocycles. The summed E-state index contributed by atoms with van der Waals surface area (Å²) in [6.45, 7) is 5.72. The zero-order chi connectivity index (χ0) is 23.0. The first kappa shape index (κ1) is 23.3. The van der Waals surface area contributed by atoms with Crippen molar-refractivity contribution < 1.29 is 24.9 Å². The van der Waals surface area contributed by atoms with E-state index in [4.69, 9.17) is 5.11 Å². The summed E-state index contributed by atoms with van der Waals surface area (Å²) in [4.78, 5) is 26.6. The highest BCUT2D eigenvalue weighted by atomic mass is 32.2. The molecule has 1 aromatic carbocycles. The fourth-order valence-corrected chi connectivity index (χ4v) is 6.56. The topological polar surface area (TPSA) is 122 Å². The molecule has 9 heteroatoms. The van der Waals surface area contributed by atoms with Crippen molar-refractivity contribution in [2.75, 3.05) is 19.7 Å². The summed E-state index contributed by atoms with van der Waals surface area (Å²) in [5.41, 5.74) is 2.45. The van der Waals surface area contributed by atoms with Crippen LogP contribution in [-0.4, -0.2) is 69.2 Å². The van der Waals surface area contributed by atoms with E-state index >= 15 is 0 Å². The van der Waals surface area contributed by atoms with Crippen molar-refractivity contribution in [2.24, 2.45) is 11.8 Å². The number of β-lactam (4-membered cyclic amide) rings is 1. The molecule has 174 valence electrons. The molecule has 0 radical (unpaired) electrons. The number of fused-ring (bicyclic) bond motifs is 1. The van der Waals surface area contributed by atoms with E-state index in [9.17, 15) is 19.8 Å². The zero-order valence-electron chi connectivity index (χ0n) is 18.3. The van der Waals surface area contributed by atoms with Crippen molar-refractivity contribution in [3.05, 3.63) is 46.0 Å². The van der Waals surface area contributed by atoms with Gasteiger partial charge in [-0.05, 0) is 24.5 Å². The zero-order valence-corrected chi connectivity index (χ0v) is 19.1. The quantitative estimate of drug-likeness (QED) is 0.273. The largest absolute Gasteiger partial charge is 0.477 e. The molecule has 1 amide bonds. The van der Waals surface area contributed by atoms with Crippen LogP contribution in [0.1, 0.15) is 37.4 Å². The highest BCUT2D eigenvalue weighted by Gasteiger charge is 2.60. The molecule has 4 rings (SSSR count). The molecular weight excluding hydrogens is 430 g/mol. The molecule has 2 fully saturated rings. The van der Waals surface area contributed by atoms with E-state index in [0.29, 0.717) is 13.1 Å². The predicted molar refractivity (Wildman–Crippen MR) is 122 cm³/mol. The Kier molecular flexibility index (Phi) is 6.92. The summed E-state index contributed by atoms with van der Waals surface area (Å²) in [6, 6.07) is 8.31. The molecule has 0 spiro atoms. The third-order valence-corrected chi connectivity index (χ3v) is 8.21. The SMILES string of the molecule is C[C@@H](O)[C@H]1C(=O)N2C(C(=O)O)=C(S[C@@H]3CN[C@@H](c4ccc(CNCCO)cc4)C3)[C@H](C)[C@H]12. The molecule has 3 aliphatic rings. The second kappa shape index (κ2) is 9.52. The standard InChI is InChI=1S/C23H31N3O5S/c1-12-19-18(13(2)28)22(29)26(19)20(23(30)31)21(12)32-16-9-17(25-11-16)15-5-3-14(4-6-15)10-24-7-8-27/h3-6,12-13,16-19,24-25,27-28H,7-11H2,1-2H3,(H,30,31)/t12-,13-,16+,17-,18-,19-/m1/s1. The molecule has 5 N–H and O–H groups in total. The van der Waals surface area contributed by atoms with Gasteiger partial charge < -0.3 is 30.9 Å². The number of thioether (sulfide) groups is 1. The van der Waals surface area contributed by atoms with Gasteiger partial charge in [0, 0.05) is 41.7 Å². The number of carboxylic acid groups (broad SMARTS) is 1. The minimum absolute atomic E-state index is 0.0950. The number of aliphatic carboxylic acids is 1. The first-order valence-electron chi connectivity index (χ1n) is 11.1. The van der Waals surface area contributed by atoms with Crippen LogP contribution in [0, 0.1) is 11.8 Å². The third-order valence-electron chi connectivity index (χ3n) is 6.70. The van der Waals surface area contributed by atoms with Gasteiger partial charge in [0.1, 0.15) is 5.70 Å². The summed E-state index contributed by atoms with van der Waals surface area (Å²) in [5.74, 6) is -2.00. The smallest absolute Gasteiger partial charge is 0.353 e. The van der Waals surface area contributed by atoms with Gasteiger partial charge >= 0.3 is 5.97 Å². The van der Waals surface area contributed by atoms with E-state index in [1.165, 1.54) is 10.5 Å². The molecule has 2 saturated heterocycles. The summed E-state index contributed by atoms with van der Waals surface area (Å²) in [6.07, 6.45) is 0.0823. The molecule has 0 bridgehead atoms. The Hall–Kier alpha value is -1.91. The van der Waals surface area contributed by atoms with Gasteiger partial charge in [-0.3, -0.25) is 4.79 Å². The summed E-state index contributed by atoms with van der Waals surface area (Å²) < 4.78 is 0. The minimum atomic E-state index is -1.08. The van der Waals surface area contributed by atoms with Crippen LogP contribution < -0.4 is 10.6 Å². The van der Waals surface area contributed by atoms with Crippen LogP contribution >= 0.6 is 11.8 Å². The van der Waals surface area contributed by atoms with E-state index in [1.807, 2.05) is 6.92 Å². The predicted octanol–water partition coefficient (Wildman–Crippen LogP) is 1.06. The number of nitrogens with zero attached hydrogens (tertiary/aromatic N) is 1. The van der Waals surface area contributed by atoms with E-state index in [1.54, 1.807) is 18.7 Å². The fraction of sp³-hybridized carbons (Fsp3) is 0.565. The van der Waals surface area contributed by atoms with Crippen LogP contribution in [0.15, 0.2) is 34.9 Å². The van der Waals surface area contributed by atoms with Crippen molar-refractivity contribution in [3.63, 3.8) is 0 Å². The molecule has 0 aliphatic carbocycles. The monoisotopic (exact) mass is 461 g/mol. The Bertz CT molecular complexity index is 903. The molecule has 0 aromatic heterocycles. The maximum absolute atomic E-state index is 12.5. The van der Waals surface area contributed by atoms with Crippen LogP contribution in [0.4, 0.5) is 0 Å². The van der Waals surface area contributed by atoms with Gasteiger partial charge in [0.2, 0.25) is 5.91 Å². The number of aliphatic hydroxyl groups is 2. The number of carbonyl (C=O) groups excluding carboxylic acids is 1. The summed E-state index contributed by atoms with van der Waals surface area (Å²) in [7, 11) is 0. The second-order valence-electron chi connectivity index (χ2n) is 8.85. The van der Waals surface area contributed by atoms with Crippen molar-refractivity contribution >= 4 is 23.6 Å². The van der Waals surface area contributed by atoms with Crippen molar-refractivity contribution in [3.8, 4) is 0 Å². The number of rotatable bonds is 9. The number of carbonyl (C=O) groups is 2. The molecule has 0 unspecified atom stereocenters. The van der Waals surface area contributed by atoms with Crippen LogP contribution in [0.5, 0.6) is 0 Å². The second-order valence-corrected chi connectivity index (χ2v) is 10.2. The van der Waals surface area contributed by atoms with Crippen LogP contribution in [-0.2, 0) is 16.1 Å². The highest BCUT2D eigenvalue weighted by Crippen LogP contribution is 2.52. The maximum Gasteiger partial charge on any atom is 0.353 e. The summed E-state index contributed by atoms with van der Waals surface area (Å²) in [5, 5.41) is 35.6. The number of aliphatic hydroxyl groups excluding tert-OH is 2. The number of amides is 1. The van der Waals surface area contributed by atoms with E-state index in [0.717, 1.165) is 23.4 Å². The first-order chi connectivity index (χ1) is 15.3. The Morgan fingerprint density at radius 3 is 2.69 bits per heavy atom. The first-order valence-corrected chi connectivity index (χ1v) is 12.0. The Morgan fingerprint density at radius 2 is 2.06 bits per heavy atom. The molecule has 8 nitrogen and oxygen atoms in total. The van der Waals surface area contributed by atoms with Crippen LogP contribution in [0.25, 0.3) is 0 Å². The van der Waals surface area contributed by atoms with Gasteiger partial charge in [0.25, 0.3) is 0 Å². The van der Waals surface area contributed by atoms with Gasteiger partial charge in [-0.15, -0.1) is 11.8 Å². The maximum atomic E-state index is 12.5. The normalized spacial score (nSPS) is 30.4. The van der Waals surface area contributed by atoms with Gasteiger partial charge in [-0.25, -0.2) is 4.79 Å². The lowest BCUT2D eigenvalue weighted by molar-refractivity contribution is -0.163. The van der Waals surface area contributed by atoms with Gasteiger partial charge in [-0.2, -0.15) is 0 Å². The Balaban J connectivity index is 1.42. The van der Waals surface area contributed by atoms with E-state index in [2.05, 4.69) is 34.9 Å². The Labute approximate surface area is 192 Å². The van der Waals surface area contributed by atoms with Crippen molar-refractivity contribution in [1.29, 1.82) is 0 Å². The fourth-order valence-electron chi connectivity index (χ4n) is 5.08.